The van der Waals surface area contributed by atoms with E-state index in [0.717, 1.165) is 6.07 Å². The van der Waals surface area contributed by atoms with Crippen LogP contribution in [-0.2, 0) is 5.92 Å². The Bertz CT molecular complexity index is 511. The van der Waals surface area contributed by atoms with Crippen molar-refractivity contribution in [2.45, 2.75) is 5.92 Å². The Balaban J connectivity index is 2.45. The fraction of sp³-hybridized carbons (Fsp3) is 0.182. The smallest absolute Gasteiger partial charge is 0.314 e. The molecule has 2 aromatic rings. The Kier molecular flexibility index (Phi) is 2.81. The number of hydrogen-bond donors (Lipinski definition) is 2. The minimum atomic E-state index is -3.38. The number of nitrogens with two attached hydrogens (primary N) is 1. The van der Waals surface area contributed by atoms with Crippen molar-refractivity contribution in [3.8, 4) is 5.69 Å². The maximum atomic E-state index is 13.2. The van der Waals surface area contributed by atoms with E-state index in [9.17, 15) is 8.78 Å². The Morgan fingerprint density at radius 3 is 2.53 bits per heavy atom. The third-order valence-electron chi connectivity index (χ3n) is 2.31. The number of nitrogen functional groups attached to an aromatic ring is 1. The van der Waals surface area contributed by atoms with Crippen LogP contribution >= 0.6 is 0 Å². The van der Waals surface area contributed by atoms with Gasteiger partial charge in [0.05, 0.1) is 5.69 Å². The molecule has 17 heavy (non-hydrogen) atoms. The average Bonchev–Trinajstić information content (AvgIpc) is 2.73. The van der Waals surface area contributed by atoms with E-state index in [2.05, 4.69) is 5.10 Å². The SMILES string of the molecule is Nc1cc(C(F)(F)CO)nn1-c1ccccc1. The van der Waals surface area contributed by atoms with E-state index in [1.807, 2.05) is 0 Å². The minimum absolute atomic E-state index is 0.0966. The molecule has 0 aliphatic carbocycles. The van der Waals surface area contributed by atoms with E-state index in [-0.39, 0.29) is 5.82 Å². The normalized spacial score (nSPS) is 11.7. The lowest BCUT2D eigenvalue weighted by Gasteiger charge is -2.08. The van der Waals surface area contributed by atoms with Crippen LogP contribution in [0.4, 0.5) is 14.6 Å². The van der Waals surface area contributed by atoms with Gasteiger partial charge in [0, 0.05) is 6.07 Å². The molecule has 0 saturated carbocycles. The number of para-hydroxylation sites is 1. The first kappa shape index (κ1) is 11.5. The summed E-state index contributed by atoms with van der Waals surface area (Å²) in [6.45, 7) is -1.29. The zero-order chi connectivity index (χ0) is 12.5. The monoisotopic (exact) mass is 239 g/mol. The fourth-order valence-electron chi connectivity index (χ4n) is 1.43. The first-order valence-electron chi connectivity index (χ1n) is 4.95. The fourth-order valence-corrected chi connectivity index (χ4v) is 1.43. The van der Waals surface area contributed by atoms with Gasteiger partial charge in [0.1, 0.15) is 18.1 Å². The number of anilines is 1. The first-order valence-corrected chi connectivity index (χ1v) is 4.95. The molecule has 0 atom stereocenters. The number of halogens is 2. The van der Waals surface area contributed by atoms with Gasteiger partial charge in [-0.1, -0.05) is 18.2 Å². The molecule has 0 amide bonds. The number of nitrogens with zero attached hydrogens (tertiary/aromatic N) is 2. The van der Waals surface area contributed by atoms with Crippen LogP contribution in [0, 0.1) is 0 Å². The van der Waals surface area contributed by atoms with Crippen LogP contribution in [0.3, 0.4) is 0 Å². The van der Waals surface area contributed by atoms with Crippen LogP contribution in [0.5, 0.6) is 0 Å². The number of benzene rings is 1. The minimum Gasteiger partial charge on any atom is -0.390 e. The molecule has 0 aliphatic heterocycles. The Morgan fingerprint density at radius 2 is 1.94 bits per heavy atom. The van der Waals surface area contributed by atoms with E-state index in [1.54, 1.807) is 30.3 Å². The van der Waals surface area contributed by atoms with E-state index >= 15 is 0 Å². The van der Waals surface area contributed by atoms with Crippen molar-refractivity contribution in [3.05, 3.63) is 42.1 Å². The van der Waals surface area contributed by atoms with Gasteiger partial charge in [0.2, 0.25) is 0 Å². The van der Waals surface area contributed by atoms with Gasteiger partial charge < -0.3 is 10.8 Å². The van der Waals surface area contributed by atoms with Crippen LogP contribution < -0.4 is 5.73 Å². The average molecular weight is 239 g/mol. The van der Waals surface area contributed by atoms with Crippen LogP contribution in [0.2, 0.25) is 0 Å². The van der Waals surface area contributed by atoms with E-state index in [4.69, 9.17) is 10.8 Å². The molecule has 3 N–H and O–H groups in total. The van der Waals surface area contributed by atoms with Gasteiger partial charge in [-0.3, -0.25) is 0 Å². The van der Waals surface area contributed by atoms with Crippen molar-refractivity contribution in [1.29, 1.82) is 0 Å². The van der Waals surface area contributed by atoms with Crippen molar-refractivity contribution in [1.82, 2.24) is 9.78 Å². The van der Waals surface area contributed by atoms with Gasteiger partial charge in [0.15, 0.2) is 0 Å². The number of alkyl halides is 2. The lowest BCUT2D eigenvalue weighted by atomic mass is 10.2. The Labute approximate surface area is 96.3 Å². The molecule has 0 saturated heterocycles. The van der Waals surface area contributed by atoms with Gasteiger partial charge in [-0.25, -0.2) is 4.68 Å². The molecule has 0 aliphatic rings. The number of hydrogen-bond acceptors (Lipinski definition) is 3. The molecule has 4 nitrogen and oxygen atoms in total. The highest BCUT2D eigenvalue weighted by atomic mass is 19.3. The number of rotatable bonds is 3. The van der Waals surface area contributed by atoms with Crippen LogP contribution in [0.25, 0.3) is 5.69 Å². The van der Waals surface area contributed by atoms with Crippen molar-refractivity contribution in [2.75, 3.05) is 12.3 Å². The molecule has 2 rings (SSSR count). The summed E-state index contributed by atoms with van der Waals surface area (Å²) in [5.74, 6) is -3.28. The summed E-state index contributed by atoms with van der Waals surface area (Å²) in [7, 11) is 0. The van der Waals surface area contributed by atoms with Crippen molar-refractivity contribution < 1.29 is 13.9 Å². The summed E-state index contributed by atoms with van der Waals surface area (Å²) in [5.41, 5.74) is 5.66. The molecule has 0 radical (unpaired) electrons. The second kappa shape index (κ2) is 4.14. The predicted molar refractivity (Wildman–Crippen MR) is 59.0 cm³/mol. The zero-order valence-corrected chi connectivity index (χ0v) is 8.85. The third-order valence-corrected chi connectivity index (χ3v) is 2.31. The zero-order valence-electron chi connectivity index (χ0n) is 8.85. The number of aliphatic hydroxyl groups excluding tert-OH is 1. The summed E-state index contributed by atoms with van der Waals surface area (Å²) >= 11 is 0. The van der Waals surface area contributed by atoms with Gasteiger partial charge >= 0.3 is 5.92 Å². The summed E-state index contributed by atoms with van der Waals surface area (Å²) in [5, 5.41) is 12.3. The molecule has 90 valence electrons. The molecule has 1 aromatic heterocycles. The largest absolute Gasteiger partial charge is 0.390 e. The maximum absolute atomic E-state index is 13.2. The molecule has 6 heteroatoms. The molecule has 0 fully saturated rings. The summed E-state index contributed by atoms with van der Waals surface area (Å²) in [6.07, 6.45) is 0. The van der Waals surface area contributed by atoms with Gasteiger partial charge in [0.25, 0.3) is 0 Å². The second-order valence-corrected chi connectivity index (χ2v) is 3.56. The highest BCUT2D eigenvalue weighted by molar-refractivity contribution is 5.43. The predicted octanol–water partition coefficient (Wildman–Crippen LogP) is 1.54. The number of aromatic nitrogens is 2. The third kappa shape index (κ3) is 2.12. The van der Waals surface area contributed by atoms with Crippen molar-refractivity contribution in [2.24, 2.45) is 0 Å². The second-order valence-electron chi connectivity index (χ2n) is 3.56. The molecule has 0 unspecified atom stereocenters. The van der Waals surface area contributed by atoms with Gasteiger partial charge in [-0.15, -0.1) is 0 Å². The summed E-state index contributed by atoms with van der Waals surface area (Å²) in [6, 6.07) is 9.75. The lowest BCUT2D eigenvalue weighted by Crippen LogP contribution is -2.19. The molecule has 1 aromatic carbocycles. The van der Waals surface area contributed by atoms with Crippen LogP contribution in [0.15, 0.2) is 36.4 Å². The van der Waals surface area contributed by atoms with Gasteiger partial charge in [-0.2, -0.15) is 13.9 Å². The molecule has 1 heterocycles. The molecular weight excluding hydrogens is 228 g/mol. The summed E-state index contributed by atoms with van der Waals surface area (Å²) in [4.78, 5) is 0. The molecule has 0 bridgehead atoms. The summed E-state index contributed by atoms with van der Waals surface area (Å²) < 4.78 is 27.6. The molecular formula is C11H11F2N3O. The Morgan fingerprint density at radius 1 is 1.29 bits per heavy atom. The first-order chi connectivity index (χ1) is 8.04. The topological polar surface area (TPSA) is 64.1 Å². The van der Waals surface area contributed by atoms with E-state index in [1.165, 1.54) is 4.68 Å². The highest BCUT2D eigenvalue weighted by Crippen LogP contribution is 2.28. The van der Waals surface area contributed by atoms with Gasteiger partial charge in [-0.05, 0) is 12.1 Å². The van der Waals surface area contributed by atoms with E-state index < -0.39 is 18.2 Å². The standard InChI is InChI=1S/C11H11F2N3O/c12-11(13,7-17)9-6-10(14)16(15-9)8-4-2-1-3-5-8/h1-6,17H,7,14H2. The van der Waals surface area contributed by atoms with Crippen molar-refractivity contribution >= 4 is 5.82 Å². The quantitative estimate of drug-likeness (QED) is 0.853. The number of aliphatic hydroxyl groups is 1. The highest BCUT2D eigenvalue weighted by Gasteiger charge is 2.34. The lowest BCUT2D eigenvalue weighted by molar-refractivity contribution is -0.0594. The van der Waals surface area contributed by atoms with Crippen LogP contribution in [-0.4, -0.2) is 21.5 Å². The maximum Gasteiger partial charge on any atom is 0.314 e. The van der Waals surface area contributed by atoms with Crippen LogP contribution in [0.1, 0.15) is 5.69 Å². The van der Waals surface area contributed by atoms with Crippen molar-refractivity contribution in [3.63, 3.8) is 0 Å². The van der Waals surface area contributed by atoms with E-state index in [0.29, 0.717) is 5.69 Å². The molecule has 0 spiro atoms. The Hall–Kier alpha value is -1.95.